The summed E-state index contributed by atoms with van der Waals surface area (Å²) in [4.78, 5) is 23.0. The molecule has 4 heteroatoms. The van der Waals surface area contributed by atoms with E-state index in [1.807, 2.05) is 6.08 Å². The Morgan fingerprint density at radius 2 is 2.05 bits per heavy atom. The van der Waals surface area contributed by atoms with E-state index in [1.165, 1.54) is 12.1 Å². The summed E-state index contributed by atoms with van der Waals surface area (Å²) in [6.07, 6.45) is 3.76. The highest BCUT2D eigenvalue weighted by atomic mass is 16.6. The molecule has 1 aliphatic rings. The second-order valence-electron chi connectivity index (χ2n) is 6.14. The first-order chi connectivity index (χ1) is 9.90. The maximum absolute atomic E-state index is 12.6. The highest BCUT2D eigenvalue weighted by Gasteiger charge is 2.32. The Morgan fingerprint density at radius 1 is 1.33 bits per heavy atom. The fraction of sp³-hybridized carbons (Fsp3) is 0.471. The quantitative estimate of drug-likeness (QED) is 0.474. The van der Waals surface area contributed by atoms with E-state index in [0.717, 1.165) is 24.0 Å². The van der Waals surface area contributed by atoms with Crippen molar-refractivity contribution in [2.75, 3.05) is 0 Å². The average molecular weight is 287 g/mol. The van der Waals surface area contributed by atoms with Crippen LogP contribution in [0.1, 0.15) is 39.2 Å². The number of carbonyl (C=O) groups is 1. The van der Waals surface area contributed by atoms with Gasteiger partial charge < -0.3 is 0 Å². The molecule has 2 rings (SSSR count). The number of rotatable bonds is 3. The van der Waals surface area contributed by atoms with Gasteiger partial charge in [0.15, 0.2) is 5.78 Å². The number of benzene rings is 1. The van der Waals surface area contributed by atoms with Crippen LogP contribution in [0, 0.1) is 27.9 Å². The number of hydrogen-bond donors (Lipinski definition) is 0. The van der Waals surface area contributed by atoms with E-state index in [0.29, 0.717) is 5.92 Å². The molecule has 0 aliphatic heterocycles. The van der Waals surface area contributed by atoms with Gasteiger partial charge in [-0.15, -0.1) is 0 Å². The normalized spacial score (nSPS) is 24.6. The van der Waals surface area contributed by atoms with Gasteiger partial charge in [-0.2, -0.15) is 0 Å². The maximum atomic E-state index is 12.6. The zero-order chi connectivity index (χ0) is 15.6. The van der Waals surface area contributed by atoms with Gasteiger partial charge in [-0.05, 0) is 41.9 Å². The van der Waals surface area contributed by atoms with Crippen LogP contribution in [0.25, 0.3) is 6.08 Å². The third kappa shape index (κ3) is 3.38. The SMILES string of the molecule is CC(C)[C@@H]1CC[C@H](C)C(=Cc2cccc([N+](=O)[O-])c2)C1=O. The predicted molar refractivity (Wildman–Crippen MR) is 82.8 cm³/mol. The van der Waals surface area contributed by atoms with Crippen LogP contribution in [-0.2, 0) is 4.79 Å². The minimum atomic E-state index is -0.412. The lowest BCUT2D eigenvalue weighted by atomic mass is 9.73. The highest BCUT2D eigenvalue weighted by Crippen LogP contribution is 2.35. The molecule has 4 nitrogen and oxygen atoms in total. The first kappa shape index (κ1) is 15.4. The van der Waals surface area contributed by atoms with Gasteiger partial charge in [0.1, 0.15) is 0 Å². The summed E-state index contributed by atoms with van der Waals surface area (Å²) in [5.41, 5.74) is 1.59. The summed E-state index contributed by atoms with van der Waals surface area (Å²) in [7, 11) is 0. The number of non-ortho nitro benzene ring substituents is 1. The fourth-order valence-electron chi connectivity index (χ4n) is 2.93. The topological polar surface area (TPSA) is 60.2 Å². The van der Waals surface area contributed by atoms with Gasteiger partial charge in [0.2, 0.25) is 0 Å². The van der Waals surface area contributed by atoms with Crippen LogP contribution in [0.15, 0.2) is 29.8 Å². The van der Waals surface area contributed by atoms with Crippen LogP contribution in [0.3, 0.4) is 0 Å². The molecule has 1 aromatic carbocycles. The molecule has 0 N–H and O–H groups in total. The van der Waals surface area contributed by atoms with E-state index < -0.39 is 4.92 Å². The van der Waals surface area contributed by atoms with E-state index in [4.69, 9.17) is 0 Å². The number of carbonyl (C=O) groups excluding carboxylic acids is 1. The molecule has 0 radical (unpaired) electrons. The molecule has 21 heavy (non-hydrogen) atoms. The number of hydrogen-bond acceptors (Lipinski definition) is 3. The Morgan fingerprint density at radius 3 is 2.67 bits per heavy atom. The number of Topliss-reactive ketones (excluding diaryl/α,β-unsaturated/α-hetero) is 1. The lowest BCUT2D eigenvalue weighted by molar-refractivity contribution is -0.384. The van der Waals surface area contributed by atoms with Crippen molar-refractivity contribution in [2.24, 2.45) is 17.8 Å². The lowest BCUT2D eigenvalue weighted by Crippen LogP contribution is -2.30. The second kappa shape index (κ2) is 6.20. The molecule has 0 aromatic heterocycles. The zero-order valence-electron chi connectivity index (χ0n) is 12.7. The van der Waals surface area contributed by atoms with Crippen molar-refractivity contribution < 1.29 is 9.72 Å². The Labute approximate surface area is 125 Å². The Bertz CT molecular complexity index is 589. The summed E-state index contributed by atoms with van der Waals surface area (Å²) < 4.78 is 0. The van der Waals surface area contributed by atoms with Gasteiger partial charge in [-0.3, -0.25) is 14.9 Å². The summed E-state index contributed by atoms with van der Waals surface area (Å²) >= 11 is 0. The molecule has 1 saturated carbocycles. The monoisotopic (exact) mass is 287 g/mol. The second-order valence-corrected chi connectivity index (χ2v) is 6.14. The van der Waals surface area contributed by atoms with Crippen LogP contribution in [0.5, 0.6) is 0 Å². The molecule has 0 unspecified atom stereocenters. The molecule has 2 atom stereocenters. The molecule has 0 saturated heterocycles. The van der Waals surface area contributed by atoms with Gasteiger partial charge in [0, 0.05) is 18.1 Å². The van der Waals surface area contributed by atoms with Crippen LogP contribution in [0.2, 0.25) is 0 Å². The zero-order valence-corrected chi connectivity index (χ0v) is 12.7. The Balaban J connectivity index is 2.35. The Kier molecular flexibility index (Phi) is 4.56. The third-order valence-corrected chi connectivity index (χ3v) is 4.27. The third-order valence-electron chi connectivity index (χ3n) is 4.27. The van der Waals surface area contributed by atoms with Crippen molar-refractivity contribution >= 4 is 17.5 Å². The average Bonchev–Trinajstić information content (AvgIpc) is 2.43. The summed E-state index contributed by atoms with van der Waals surface area (Å²) in [6, 6.07) is 6.44. The summed E-state index contributed by atoms with van der Waals surface area (Å²) in [5.74, 6) is 0.826. The van der Waals surface area contributed by atoms with Crippen molar-refractivity contribution in [3.05, 3.63) is 45.5 Å². The van der Waals surface area contributed by atoms with E-state index in [2.05, 4.69) is 20.8 Å². The number of nitrogens with zero attached hydrogens (tertiary/aromatic N) is 1. The van der Waals surface area contributed by atoms with E-state index in [1.54, 1.807) is 12.1 Å². The lowest BCUT2D eigenvalue weighted by Gasteiger charge is -2.30. The van der Waals surface area contributed by atoms with Crippen LogP contribution < -0.4 is 0 Å². The van der Waals surface area contributed by atoms with Gasteiger partial charge in [-0.25, -0.2) is 0 Å². The summed E-state index contributed by atoms with van der Waals surface area (Å²) in [5, 5.41) is 10.8. The van der Waals surface area contributed by atoms with E-state index in [-0.39, 0.29) is 23.3 Å². The number of nitro benzene ring substituents is 1. The fourth-order valence-corrected chi connectivity index (χ4v) is 2.93. The van der Waals surface area contributed by atoms with Crippen LogP contribution in [0.4, 0.5) is 5.69 Å². The molecule has 0 spiro atoms. The van der Waals surface area contributed by atoms with Gasteiger partial charge >= 0.3 is 0 Å². The van der Waals surface area contributed by atoms with Crippen molar-refractivity contribution in [2.45, 2.75) is 33.6 Å². The van der Waals surface area contributed by atoms with Crippen LogP contribution >= 0.6 is 0 Å². The van der Waals surface area contributed by atoms with E-state index in [9.17, 15) is 14.9 Å². The predicted octanol–water partition coefficient (Wildman–Crippen LogP) is 4.25. The minimum absolute atomic E-state index is 0.0562. The Hall–Kier alpha value is -1.97. The highest BCUT2D eigenvalue weighted by molar-refractivity contribution is 6.02. The maximum Gasteiger partial charge on any atom is 0.270 e. The smallest absolute Gasteiger partial charge is 0.270 e. The standard InChI is InChI=1S/C17H21NO3/c1-11(2)15-8-7-12(3)16(17(15)19)10-13-5-4-6-14(9-13)18(20)21/h4-6,9-12,15H,7-8H2,1-3H3/t12-,15-/m0/s1. The number of nitro groups is 1. The molecule has 0 amide bonds. The number of allylic oxidation sites excluding steroid dienone is 1. The molecule has 0 heterocycles. The van der Waals surface area contributed by atoms with Crippen LogP contribution in [-0.4, -0.2) is 10.7 Å². The molecule has 1 aliphatic carbocycles. The molecule has 1 fully saturated rings. The molecule has 112 valence electrons. The first-order valence-electron chi connectivity index (χ1n) is 7.40. The van der Waals surface area contributed by atoms with Gasteiger partial charge in [-0.1, -0.05) is 32.9 Å². The van der Waals surface area contributed by atoms with Crippen molar-refractivity contribution in [3.63, 3.8) is 0 Å². The molecular formula is C17H21NO3. The van der Waals surface area contributed by atoms with E-state index >= 15 is 0 Å². The number of ketones is 1. The minimum Gasteiger partial charge on any atom is -0.294 e. The van der Waals surface area contributed by atoms with Crippen molar-refractivity contribution in [1.29, 1.82) is 0 Å². The molecular weight excluding hydrogens is 266 g/mol. The van der Waals surface area contributed by atoms with Crippen molar-refractivity contribution in [3.8, 4) is 0 Å². The van der Waals surface area contributed by atoms with Gasteiger partial charge in [0.25, 0.3) is 5.69 Å². The first-order valence-corrected chi connectivity index (χ1v) is 7.40. The largest absolute Gasteiger partial charge is 0.294 e. The molecule has 0 bridgehead atoms. The molecule has 1 aromatic rings. The summed E-state index contributed by atoms with van der Waals surface area (Å²) in [6.45, 7) is 6.20. The van der Waals surface area contributed by atoms with Crippen molar-refractivity contribution in [1.82, 2.24) is 0 Å². The van der Waals surface area contributed by atoms with Gasteiger partial charge in [0.05, 0.1) is 4.92 Å².